The van der Waals surface area contributed by atoms with E-state index < -0.39 is 0 Å². The Morgan fingerprint density at radius 2 is 0.795 bits per heavy atom. The first kappa shape index (κ1) is 35.9. The van der Waals surface area contributed by atoms with Crippen LogP contribution < -0.4 is 4.57 Å². The van der Waals surface area contributed by atoms with E-state index in [0.29, 0.717) is 0 Å². The van der Waals surface area contributed by atoms with Gasteiger partial charge in [-0.05, 0) is 50.5 Å². The normalized spacial score (nSPS) is 11.6. The molecule has 1 aromatic rings. The maximum atomic E-state index is 2.44. The molecule has 39 heavy (non-hydrogen) atoms. The number of unbranched alkanes of at least 4 members (excludes halogenated alkanes) is 24. The minimum Gasteiger partial charge on any atom is -0.205 e. The lowest BCUT2D eigenvalue weighted by atomic mass is 10.0. The van der Waals surface area contributed by atoms with E-state index in [1.807, 2.05) is 0 Å². The minimum absolute atomic E-state index is 1.18. The van der Waals surface area contributed by atoms with E-state index in [9.17, 15) is 0 Å². The van der Waals surface area contributed by atoms with Crippen LogP contribution in [0.3, 0.4) is 0 Å². The van der Waals surface area contributed by atoms with Gasteiger partial charge in [0.15, 0.2) is 12.4 Å². The van der Waals surface area contributed by atoms with Gasteiger partial charge in [0.1, 0.15) is 6.54 Å². The van der Waals surface area contributed by atoms with Gasteiger partial charge in [-0.25, -0.2) is 4.57 Å². The lowest BCUT2D eigenvalue weighted by molar-refractivity contribution is -0.697. The SMILES string of the molecule is CCCCCCCCC=CCCCCCCCC[n+]1ccc(CCCCCCCCCCCCCCC)cc1. The average molecular weight is 541 g/mol. The fourth-order valence-corrected chi connectivity index (χ4v) is 5.69. The molecule has 0 radical (unpaired) electrons. The summed E-state index contributed by atoms with van der Waals surface area (Å²) in [6.07, 6.45) is 48.8. The number of aromatic nitrogens is 1. The van der Waals surface area contributed by atoms with Gasteiger partial charge < -0.3 is 0 Å². The molecule has 0 N–H and O–H groups in total. The Kier molecular flexibility index (Phi) is 27.5. The number of hydrogen-bond acceptors (Lipinski definition) is 0. The van der Waals surface area contributed by atoms with Gasteiger partial charge in [0, 0.05) is 18.6 Å². The number of pyridine rings is 1. The standard InChI is InChI=1S/C38H70N/c1-3-5-7-9-11-13-15-17-18-19-21-23-25-27-29-31-35-39-36-33-38(34-37-39)32-30-28-26-24-22-20-16-14-12-10-8-6-4-2/h17-18,33-34,36-37H,3-16,19-32,35H2,1-2H3/q+1. The van der Waals surface area contributed by atoms with Crippen molar-refractivity contribution in [2.75, 3.05) is 0 Å². The molecule has 0 aliphatic heterocycles. The Balaban J connectivity index is 1.85. The predicted octanol–water partition coefficient (Wildman–Crippen LogP) is 12.6. The molecule has 0 saturated heterocycles. The van der Waals surface area contributed by atoms with Gasteiger partial charge in [0.2, 0.25) is 0 Å². The second-order valence-corrected chi connectivity index (χ2v) is 12.4. The largest absolute Gasteiger partial charge is 0.205 e. The van der Waals surface area contributed by atoms with E-state index in [2.05, 4.69) is 55.1 Å². The van der Waals surface area contributed by atoms with Crippen molar-refractivity contribution in [3.05, 3.63) is 42.2 Å². The topological polar surface area (TPSA) is 3.88 Å². The maximum absolute atomic E-state index is 2.44. The van der Waals surface area contributed by atoms with Gasteiger partial charge >= 0.3 is 0 Å². The zero-order valence-corrected chi connectivity index (χ0v) is 26.9. The van der Waals surface area contributed by atoms with Crippen LogP contribution in [0, 0.1) is 0 Å². The quantitative estimate of drug-likeness (QED) is 0.0519. The number of nitrogens with zero attached hydrogens (tertiary/aromatic N) is 1. The maximum Gasteiger partial charge on any atom is 0.169 e. The van der Waals surface area contributed by atoms with Gasteiger partial charge in [0.25, 0.3) is 0 Å². The zero-order valence-electron chi connectivity index (χ0n) is 26.9. The Hall–Kier alpha value is -1.11. The molecule has 1 aromatic heterocycles. The first-order chi connectivity index (χ1) is 19.4. The van der Waals surface area contributed by atoms with Gasteiger partial charge in [-0.3, -0.25) is 0 Å². The van der Waals surface area contributed by atoms with E-state index in [4.69, 9.17) is 0 Å². The monoisotopic (exact) mass is 541 g/mol. The van der Waals surface area contributed by atoms with Gasteiger partial charge in [-0.15, -0.1) is 0 Å². The number of rotatable bonds is 30. The van der Waals surface area contributed by atoms with Crippen molar-refractivity contribution in [3.63, 3.8) is 0 Å². The number of hydrogen-bond donors (Lipinski definition) is 0. The van der Waals surface area contributed by atoms with E-state index in [0.717, 1.165) is 0 Å². The van der Waals surface area contributed by atoms with Crippen molar-refractivity contribution >= 4 is 0 Å². The van der Waals surface area contributed by atoms with E-state index in [1.54, 1.807) is 0 Å². The molecule has 0 aliphatic carbocycles. The lowest BCUT2D eigenvalue weighted by Crippen LogP contribution is -2.32. The summed E-state index contributed by atoms with van der Waals surface area (Å²) in [5.41, 5.74) is 1.52. The second-order valence-electron chi connectivity index (χ2n) is 12.4. The van der Waals surface area contributed by atoms with Crippen LogP contribution in [0.2, 0.25) is 0 Å². The van der Waals surface area contributed by atoms with Crippen molar-refractivity contribution < 1.29 is 4.57 Å². The molecule has 0 spiro atoms. The number of allylic oxidation sites excluding steroid dienone is 2. The Morgan fingerprint density at radius 1 is 0.436 bits per heavy atom. The molecule has 1 nitrogen and oxygen atoms in total. The van der Waals surface area contributed by atoms with Gasteiger partial charge in [-0.1, -0.05) is 154 Å². The molecule has 1 heteroatoms. The fraction of sp³-hybridized carbons (Fsp3) is 0.816. The molecule has 0 saturated carbocycles. The first-order valence-corrected chi connectivity index (χ1v) is 18.0. The molecular weight excluding hydrogens is 470 g/mol. The molecular formula is C38H70N+. The highest BCUT2D eigenvalue weighted by atomic mass is 14.9. The minimum atomic E-state index is 1.18. The van der Waals surface area contributed by atoms with Crippen LogP contribution >= 0.6 is 0 Å². The first-order valence-electron chi connectivity index (χ1n) is 18.0. The summed E-state index contributed by atoms with van der Waals surface area (Å²) in [7, 11) is 0. The van der Waals surface area contributed by atoms with Crippen molar-refractivity contribution in [1.29, 1.82) is 0 Å². The van der Waals surface area contributed by atoms with Crippen molar-refractivity contribution in [2.45, 2.75) is 200 Å². The molecule has 226 valence electrons. The third-order valence-corrected chi connectivity index (χ3v) is 8.46. The Labute approximate surface area is 246 Å². The summed E-state index contributed by atoms with van der Waals surface area (Å²) < 4.78 is 2.39. The lowest BCUT2D eigenvalue weighted by Gasteiger charge is -2.04. The molecule has 0 amide bonds. The summed E-state index contributed by atoms with van der Waals surface area (Å²) >= 11 is 0. The highest BCUT2D eigenvalue weighted by Gasteiger charge is 2.02. The highest BCUT2D eigenvalue weighted by molar-refractivity contribution is 5.07. The molecule has 0 aliphatic rings. The molecule has 0 fully saturated rings. The molecule has 0 unspecified atom stereocenters. The zero-order chi connectivity index (χ0) is 27.9. The van der Waals surface area contributed by atoms with E-state index in [-0.39, 0.29) is 0 Å². The van der Waals surface area contributed by atoms with Crippen molar-refractivity contribution in [2.24, 2.45) is 0 Å². The molecule has 0 aromatic carbocycles. The summed E-state index contributed by atoms with van der Waals surface area (Å²) in [5, 5.41) is 0. The third-order valence-electron chi connectivity index (χ3n) is 8.46. The number of aryl methyl sites for hydroxylation is 2. The predicted molar refractivity (Wildman–Crippen MR) is 175 cm³/mol. The molecule has 0 atom stereocenters. The van der Waals surface area contributed by atoms with Crippen LogP contribution in [-0.2, 0) is 13.0 Å². The average Bonchev–Trinajstić information content (AvgIpc) is 2.96. The summed E-state index contributed by atoms with van der Waals surface area (Å²) in [6.45, 7) is 5.78. The van der Waals surface area contributed by atoms with Crippen LogP contribution in [-0.4, -0.2) is 0 Å². The summed E-state index contributed by atoms with van der Waals surface area (Å²) in [5.74, 6) is 0. The van der Waals surface area contributed by atoms with Crippen molar-refractivity contribution in [1.82, 2.24) is 0 Å². The summed E-state index contributed by atoms with van der Waals surface area (Å²) in [6, 6.07) is 4.72. The van der Waals surface area contributed by atoms with E-state index >= 15 is 0 Å². The Morgan fingerprint density at radius 3 is 1.23 bits per heavy atom. The second kappa shape index (κ2) is 29.9. The smallest absolute Gasteiger partial charge is 0.169 e. The molecule has 1 rings (SSSR count). The van der Waals surface area contributed by atoms with Gasteiger partial charge in [0.05, 0.1) is 0 Å². The van der Waals surface area contributed by atoms with Gasteiger partial charge in [-0.2, -0.15) is 0 Å². The van der Waals surface area contributed by atoms with Crippen LogP contribution in [0.25, 0.3) is 0 Å². The molecule has 0 bridgehead atoms. The van der Waals surface area contributed by atoms with Crippen LogP contribution in [0.15, 0.2) is 36.7 Å². The summed E-state index contributed by atoms with van der Waals surface area (Å²) in [4.78, 5) is 0. The van der Waals surface area contributed by atoms with Crippen LogP contribution in [0.1, 0.15) is 193 Å². The Bertz CT molecular complexity index is 616. The van der Waals surface area contributed by atoms with Crippen molar-refractivity contribution in [3.8, 4) is 0 Å². The van der Waals surface area contributed by atoms with Crippen LogP contribution in [0.5, 0.6) is 0 Å². The molecule has 1 heterocycles. The third kappa shape index (κ3) is 25.6. The fourth-order valence-electron chi connectivity index (χ4n) is 5.69. The van der Waals surface area contributed by atoms with E-state index in [1.165, 1.54) is 192 Å². The van der Waals surface area contributed by atoms with Crippen LogP contribution in [0.4, 0.5) is 0 Å². The highest BCUT2D eigenvalue weighted by Crippen LogP contribution is 2.14.